The van der Waals surface area contributed by atoms with Crippen LogP contribution in [-0.2, 0) is 14.3 Å². The smallest absolute Gasteiger partial charge is 0.228 e. The molecule has 118 valence electrons. The maximum Gasteiger partial charge on any atom is 0.228 e. The summed E-state index contributed by atoms with van der Waals surface area (Å²) in [6.07, 6.45) is 0.106. The Morgan fingerprint density at radius 3 is 2.95 bits per heavy atom. The molecule has 0 bridgehead atoms. The summed E-state index contributed by atoms with van der Waals surface area (Å²) in [6.45, 7) is 3.38. The Balaban J connectivity index is 1.73. The highest BCUT2D eigenvalue weighted by molar-refractivity contribution is 6.30. The van der Waals surface area contributed by atoms with Gasteiger partial charge in [-0.2, -0.15) is 0 Å². The molecule has 5 nitrogen and oxygen atoms in total. The van der Waals surface area contributed by atoms with Gasteiger partial charge in [0.2, 0.25) is 11.8 Å². The van der Waals surface area contributed by atoms with Gasteiger partial charge in [0.05, 0.1) is 25.1 Å². The Kier molecular flexibility index (Phi) is 4.36. The quantitative estimate of drug-likeness (QED) is 0.902. The van der Waals surface area contributed by atoms with Crippen LogP contribution < -0.4 is 5.32 Å². The van der Waals surface area contributed by atoms with Crippen LogP contribution >= 0.6 is 11.6 Å². The molecule has 0 saturated carbocycles. The van der Waals surface area contributed by atoms with Crippen molar-refractivity contribution in [3.05, 3.63) is 34.9 Å². The van der Waals surface area contributed by atoms with Crippen molar-refractivity contribution in [2.45, 2.75) is 25.5 Å². The number of hydrogen-bond donors (Lipinski definition) is 1. The van der Waals surface area contributed by atoms with Crippen LogP contribution in [0.25, 0.3) is 0 Å². The van der Waals surface area contributed by atoms with Crippen LogP contribution in [0.15, 0.2) is 24.3 Å². The zero-order valence-electron chi connectivity index (χ0n) is 12.4. The number of rotatable bonds is 2. The number of ether oxygens (including phenoxy) is 1. The van der Waals surface area contributed by atoms with E-state index in [1.807, 2.05) is 36.1 Å². The molecule has 2 amide bonds. The molecule has 2 heterocycles. The predicted molar refractivity (Wildman–Crippen MR) is 82.4 cm³/mol. The molecule has 2 saturated heterocycles. The number of hydrogen-bond acceptors (Lipinski definition) is 3. The van der Waals surface area contributed by atoms with Gasteiger partial charge in [0.15, 0.2) is 0 Å². The SMILES string of the molecule is C[C@@H]1CO[C@@H](c2cccc(Cl)c2)CN1C(=O)[C@@H]1CNC(=O)C1. The molecule has 3 rings (SSSR count). The predicted octanol–water partition coefficient (Wildman–Crippen LogP) is 1.76. The average Bonchev–Trinajstić information content (AvgIpc) is 2.93. The Labute approximate surface area is 134 Å². The van der Waals surface area contributed by atoms with E-state index in [9.17, 15) is 9.59 Å². The second kappa shape index (κ2) is 6.26. The third-order valence-corrected chi connectivity index (χ3v) is 4.50. The fourth-order valence-corrected chi connectivity index (χ4v) is 3.19. The van der Waals surface area contributed by atoms with Crippen molar-refractivity contribution in [3.8, 4) is 0 Å². The Bertz CT molecular complexity index is 593. The summed E-state index contributed by atoms with van der Waals surface area (Å²) in [4.78, 5) is 25.8. The van der Waals surface area contributed by atoms with E-state index in [0.717, 1.165) is 5.56 Å². The molecule has 0 radical (unpaired) electrons. The average molecular weight is 323 g/mol. The number of carbonyl (C=O) groups is 2. The van der Waals surface area contributed by atoms with Crippen LogP contribution in [0.2, 0.25) is 5.02 Å². The van der Waals surface area contributed by atoms with Crippen LogP contribution in [0.1, 0.15) is 25.0 Å². The number of morpholine rings is 1. The van der Waals surface area contributed by atoms with Crippen LogP contribution in [-0.4, -0.2) is 42.5 Å². The largest absolute Gasteiger partial charge is 0.370 e. The minimum atomic E-state index is -0.256. The van der Waals surface area contributed by atoms with Crippen molar-refractivity contribution in [1.29, 1.82) is 0 Å². The fraction of sp³-hybridized carbons (Fsp3) is 0.500. The molecule has 2 aliphatic rings. The summed E-state index contributed by atoms with van der Waals surface area (Å²) >= 11 is 6.03. The van der Waals surface area contributed by atoms with Crippen molar-refractivity contribution < 1.29 is 14.3 Å². The van der Waals surface area contributed by atoms with Gasteiger partial charge in [-0.05, 0) is 24.6 Å². The summed E-state index contributed by atoms with van der Waals surface area (Å²) in [5, 5.41) is 3.38. The van der Waals surface area contributed by atoms with Gasteiger partial charge < -0.3 is 15.0 Å². The normalized spacial score (nSPS) is 28.5. The summed E-state index contributed by atoms with van der Waals surface area (Å²) in [6, 6.07) is 7.53. The van der Waals surface area contributed by atoms with E-state index < -0.39 is 0 Å². The lowest BCUT2D eigenvalue weighted by molar-refractivity contribution is -0.148. The van der Waals surface area contributed by atoms with Crippen LogP contribution in [0.3, 0.4) is 0 Å². The lowest BCUT2D eigenvalue weighted by Crippen LogP contribution is -2.50. The van der Waals surface area contributed by atoms with Gasteiger partial charge in [0, 0.05) is 18.0 Å². The van der Waals surface area contributed by atoms with E-state index in [2.05, 4.69) is 5.32 Å². The monoisotopic (exact) mass is 322 g/mol. The highest BCUT2D eigenvalue weighted by Gasteiger charge is 2.37. The first-order chi connectivity index (χ1) is 10.5. The Hall–Kier alpha value is -1.59. The third kappa shape index (κ3) is 3.10. The first-order valence-corrected chi connectivity index (χ1v) is 7.86. The molecule has 0 unspecified atom stereocenters. The van der Waals surface area contributed by atoms with Crippen molar-refractivity contribution in [2.24, 2.45) is 5.92 Å². The van der Waals surface area contributed by atoms with Crippen LogP contribution in [0.4, 0.5) is 0 Å². The molecular formula is C16H19ClN2O3. The van der Waals surface area contributed by atoms with E-state index in [-0.39, 0.29) is 36.3 Å². The molecule has 1 aromatic rings. The lowest BCUT2D eigenvalue weighted by Gasteiger charge is -2.39. The molecule has 1 aromatic carbocycles. The molecular weight excluding hydrogens is 304 g/mol. The molecule has 2 fully saturated rings. The molecule has 0 spiro atoms. The standard InChI is InChI=1S/C16H19ClN2O3/c1-10-9-22-14(11-3-2-4-13(17)5-11)8-19(10)16(21)12-6-15(20)18-7-12/h2-5,10,12,14H,6-9H2,1H3,(H,18,20)/t10-,12+,14-/m1/s1. The van der Waals surface area contributed by atoms with Crippen molar-refractivity contribution in [3.63, 3.8) is 0 Å². The van der Waals surface area contributed by atoms with E-state index in [1.54, 1.807) is 0 Å². The van der Waals surface area contributed by atoms with Gasteiger partial charge in [0.1, 0.15) is 6.10 Å². The van der Waals surface area contributed by atoms with Crippen molar-refractivity contribution in [2.75, 3.05) is 19.7 Å². The summed E-state index contributed by atoms with van der Waals surface area (Å²) < 4.78 is 5.86. The molecule has 6 heteroatoms. The van der Waals surface area contributed by atoms with E-state index >= 15 is 0 Å². The van der Waals surface area contributed by atoms with Gasteiger partial charge in [-0.15, -0.1) is 0 Å². The molecule has 1 N–H and O–H groups in total. The second-order valence-corrected chi connectivity index (χ2v) is 6.36. The van der Waals surface area contributed by atoms with Crippen molar-refractivity contribution >= 4 is 23.4 Å². The molecule has 3 atom stereocenters. The number of nitrogens with zero attached hydrogens (tertiary/aromatic N) is 1. The zero-order chi connectivity index (χ0) is 15.7. The number of nitrogens with one attached hydrogen (secondary N) is 1. The Morgan fingerprint density at radius 2 is 2.27 bits per heavy atom. The first kappa shape index (κ1) is 15.3. The maximum absolute atomic E-state index is 12.7. The van der Waals surface area contributed by atoms with Gasteiger partial charge in [-0.25, -0.2) is 0 Å². The maximum atomic E-state index is 12.7. The fourth-order valence-electron chi connectivity index (χ4n) is 2.99. The second-order valence-electron chi connectivity index (χ2n) is 5.92. The lowest BCUT2D eigenvalue weighted by atomic mass is 10.0. The highest BCUT2D eigenvalue weighted by atomic mass is 35.5. The third-order valence-electron chi connectivity index (χ3n) is 4.26. The van der Waals surface area contributed by atoms with Gasteiger partial charge >= 0.3 is 0 Å². The number of benzene rings is 1. The first-order valence-electron chi connectivity index (χ1n) is 7.49. The van der Waals surface area contributed by atoms with Crippen LogP contribution in [0.5, 0.6) is 0 Å². The Morgan fingerprint density at radius 1 is 1.45 bits per heavy atom. The molecule has 2 aliphatic heterocycles. The zero-order valence-corrected chi connectivity index (χ0v) is 13.2. The molecule has 0 aromatic heterocycles. The van der Waals surface area contributed by atoms with E-state index in [4.69, 9.17) is 16.3 Å². The minimum Gasteiger partial charge on any atom is -0.370 e. The summed E-state index contributed by atoms with van der Waals surface area (Å²) in [7, 11) is 0. The van der Waals surface area contributed by atoms with Crippen molar-refractivity contribution in [1.82, 2.24) is 10.2 Å². The van der Waals surface area contributed by atoms with Crippen LogP contribution in [0, 0.1) is 5.92 Å². The van der Waals surface area contributed by atoms with Gasteiger partial charge in [-0.3, -0.25) is 9.59 Å². The number of carbonyl (C=O) groups excluding carboxylic acids is 2. The van der Waals surface area contributed by atoms with Gasteiger partial charge in [0.25, 0.3) is 0 Å². The summed E-state index contributed by atoms with van der Waals surface area (Å²) in [5.41, 5.74) is 0.970. The molecule has 22 heavy (non-hydrogen) atoms. The highest BCUT2D eigenvalue weighted by Crippen LogP contribution is 2.28. The minimum absolute atomic E-state index is 0.0126. The van der Waals surface area contributed by atoms with E-state index in [0.29, 0.717) is 24.7 Å². The summed E-state index contributed by atoms with van der Waals surface area (Å²) in [5.74, 6) is -0.278. The van der Waals surface area contributed by atoms with E-state index in [1.165, 1.54) is 0 Å². The topological polar surface area (TPSA) is 58.6 Å². The molecule has 0 aliphatic carbocycles. The van der Waals surface area contributed by atoms with Gasteiger partial charge in [-0.1, -0.05) is 23.7 Å². The number of amides is 2. The number of halogens is 1.